The number of anilines is 1. The highest BCUT2D eigenvalue weighted by atomic mass is 19.1. The monoisotopic (exact) mass is 416 g/mol. The lowest BCUT2D eigenvalue weighted by molar-refractivity contribution is -0.114. The van der Waals surface area contributed by atoms with E-state index in [1.807, 2.05) is 0 Å². The van der Waals surface area contributed by atoms with Crippen molar-refractivity contribution in [3.8, 4) is 17.2 Å². The zero-order valence-corrected chi connectivity index (χ0v) is 16.5. The van der Waals surface area contributed by atoms with Crippen molar-refractivity contribution < 1.29 is 23.5 Å². The topological polar surface area (TPSA) is 96.3 Å². The molecule has 1 N–H and O–H groups in total. The molecule has 0 atom stereocenters. The molecule has 31 heavy (non-hydrogen) atoms. The van der Waals surface area contributed by atoms with Crippen LogP contribution >= 0.6 is 0 Å². The molecule has 0 unspecified atom stereocenters. The van der Waals surface area contributed by atoms with Gasteiger partial charge in [0, 0.05) is 18.2 Å². The maximum atomic E-state index is 14.2. The Morgan fingerprint density at radius 1 is 0.968 bits per heavy atom. The number of nitriles is 1. The van der Waals surface area contributed by atoms with Crippen molar-refractivity contribution >= 4 is 23.3 Å². The number of Topliss-reactive ketones (excluding diaryl/α,β-unsaturated/α-hetero) is 1. The Morgan fingerprint density at radius 3 is 2.32 bits per heavy atom. The van der Waals surface area contributed by atoms with E-state index in [1.54, 1.807) is 42.5 Å². The minimum Gasteiger partial charge on any atom is -0.454 e. The lowest BCUT2D eigenvalue weighted by Crippen LogP contribution is -2.16. The summed E-state index contributed by atoms with van der Waals surface area (Å²) < 4.78 is 19.3. The molecule has 0 bridgehead atoms. The minimum atomic E-state index is -0.837. The molecule has 0 radical (unpaired) electrons. The number of amides is 1. The van der Waals surface area contributed by atoms with Crippen molar-refractivity contribution in [2.75, 3.05) is 11.9 Å². The summed E-state index contributed by atoms with van der Waals surface area (Å²) in [6, 6.07) is 19.1. The van der Waals surface area contributed by atoms with Gasteiger partial charge in [-0.1, -0.05) is 36.4 Å². The SMILES string of the molecule is CC(=O)Nc1ccc(C(=O)COC(=O)c2ccccc2-c2ccccc2C#N)c(F)c1. The van der Waals surface area contributed by atoms with Gasteiger partial charge in [0.25, 0.3) is 0 Å². The molecule has 0 aliphatic carbocycles. The van der Waals surface area contributed by atoms with E-state index < -0.39 is 24.2 Å². The molecule has 0 aromatic heterocycles. The molecule has 0 saturated carbocycles. The minimum absolute atomic E-state index is 0.180. The fourth-order valence-electron chi connectivity index (χ4n) is 3.02. The lowest BCUT2D eigenvalue weighted by atomic mass is 9.96. The largest absolute Gasteiger partial charge is 0.454 e. The first-order chi connectivity index (χ1) is 14.9. The van der Waals surface area contributed by atoms with E-state index in [0.717, 1.165) is 6.07 Å². The first-order valence-electron chi connectivity index (χ1n) is 9.26. The van der Waals surface area contributed by atoms with Crippen LogP contribution in [0.3, 0.4) is 0 Å². The van der Waals surface area contributed by atoms with E-state index in [9.17, 15) is 24.0 Å². The first kappa shape index (κ1) is 21.4. The van der Waals surface area contributed by atoms with Gasteiger partial charge in [0.1, 0.15) is 5.82 Å². The van der Waals surface area contributed by atoms with Gasteiger partial charge in [-0.15, -0.1) is 0 Å². The highest BCUT2D eigenvalue weighted by Crippen LogP contribution is 2.27. The van der Waals surface area contributed by atoms with Gasteiger partial charge in [-0.3, -0.25) is 9.59 Å². The summed E-state index contributed by atoms with van der Waals surface area (Å²) >= 11 is 0. The zero-order valence-electron chi connectivity index (χ0n) is 16.5. The van der Waals surface area contributed by atoms with Gasteiger partial charge in [0.2, 0.25) is 11.7 Å². The third-order valence-electron chi connectivity index (χ3n) is 4.41. The molecule has 0 saturated heterocycles. The predicted molar refractivity (Wildman–Crippen MR) is 112 cm³/mol. The second kappa shape index (κ2) is 9.46. The average molecular weight is 416 g/mol. The second-order valence-electron chi connectivity index (χ2n) is 6.58. The van der Waals surface area contributed by atoms with Crippen molar-refractivity contribution in [1.82, 2.24) is 0 Å². The van der Waals surface area contributed by atoms with E-state index in [4.69, 9.17) is 4.74 Å². The Hall–Kier alpha value is -4.31. The Balaban J connectivity index is 1.77. The zero-order chi connectivity index (χ0) is 22.4. The molecule has 0 aliphatic heterocycles. The van der Waals surface area contributed by atoms with Crippen LogP contribution in [-0.4, -0.2) is 24.3 Å². The van der Waals surface area contributed by atoms with Crippen LogP contribution in [0, 0.1) is 17.1 Å². The maximum Gasteiger partial charge on any atom is 0.339 e. The second-order valence-corrected chi connectivity index (χ2v) is 6.58. The maximum absolute atomic E-state index is 14.2. The summed E-state index contributed by atoms with van der Waals surface area (Å²) in [5.74, 6) is -2.71. The van der Waals surface area contributed by atoms with Crippen molar-refractivity contribution in [3.63, 3.8) is 0 Å². The molecule has 7 heteroatoms. The van der Waals surface area contributed by atoms with E-state index in [1.165, 1.54) is 25.1 Å². The Bertz CT molecular complexity index is 1210. The van der Waals surface area contributed by atoms with Crippen LogP contribution in [0.25, 0.3) is 11.1 Å². The number of esters is 1. The molecule has 0 aliphatic rings. The highest BCUT2D eigenvalue weighted by molar-refractivity contribution is 6.02. The molecule has 3 aromatic rings. The highest BCUT2D eigenvalue weighted by Gasteiger charge is 2.19. The van der Waals surface area contributed by atoms with Gasteiger partial charge in [0.15, 0.2) is 6.61 Å². The number of carbonyl (C=O) groups excluding carboxylic acids is 3. The molecule has 0 heterocycles. The van der Waals surface area contributed by atoms with Crippen LogP contribution in [-0.2, 0) is 9.53 Å². The molecule has 6 nitrogen and oxygen atoms in total. The quantitative estimate of drug-likeness (QED) is 0.476. The fraction of sp³-hybridized carbons (Fsp3) is 0.0833. The molecular formula is C24H17FN2O4. The van der Waals surface area contributed by atoms with Crippen LogP contribution in [0.2, 0.25) is 0 Å². The predicted octanol–water partition coefficient (Wildman–Crippen LogP) is 4.36. The van der Waals surface area contributed by atoms with Gasteiger partial charge in [0.05, 0.1) is 22.8 Å². The summed E-state index contributed by atoms with van der Waals surface area (Å²) in [5, 5.41) is 11.8. The number of hydrogen-bond donors (Lipinski definition) is 1. The van der Waals surface area contributed by atoms with Crippen LogP contribution in [0.1, 0.15) is 33.2 Å². The van der Waals surface area contributed by atoms with Crippen molar-refractivity contribution in [1.29, 1.82) is 5.26 Å². The van der Waals surface area contributed by atoms with Crippen molar-refractivity contribution in [2.45, 2.75) is 6.92 Å². The third-order valence-corrected chi connectivity index (χ3v) is 4.41. The van der Waals surface area contributed by atoms with E-state index in [0.29, 0.717) is 16.7 Å². The Morgan fingerprint density at radius 2 is 1.65 bits per heavy atom. The van der Waals surface area contributed by atoms with Gasteiger partial charge in [-0.25, -0.2) is 9.18 Å². The number of ketones is 1. The molecule has 154 valence electrons. The summed E-state index contributed by atoms with van der Waals surface area (Å²) in [6.07, 6.45) is 0. The van der Waals surface area contributed by atoms with Crippen molar-refractivity contribution in [3.05, 3.63) is 89.2 Å². The van der Waals surface area contributed by atoms with Gasteiger partial charge >= 0.3 is 5.97 Å². The number of benzene rings is 3. The normalized spacial score (nSPS) is 10.1. The smallest absolute Gasteiger partial charge is 0.339 e. The number of nitrogens with one attached hydrogen (secondary N) is 1. The number of rotatable bonds is 6. The van der Waals surface area contributed by atoms with Crippen LogP contribution in [0.4, 0.5) is 10.1 Å². The summed E-state index contributed by atoms with van der Waals surface area (Å²) in [7, 11) is 0. The van der Waals surface area contributed by atoms with Crippen LogP contribution in [0.15, 0.2) is 66.7 Å². The summed E-state index contributed by atoms with van der Waals surface area (Å²) in [4.78, 5) is 36.0. The summed E-state index contributed by atoms with van der Waals surface area (Å²) in [6.45, 7) is 0.618. The van der Waals surface area contributed by atoms with Gasteiger partial charge in [-0.2, -0.15) is 5.26 Å². The third kappa shape index (κ3) is 5.00. The number of carbonyl (C=O) groups is 3. The molecule has 0 spiro atoms. The Kier molecular flexibility index (Phi) is 6.53. The number of halogens is 1. The fourth-order valence-corrected chi connectivity index (χ4v) is 3.02. The first-order valence-corrected chi connectivity index (χ1v) is 9.26. The standard InChI is InChI=1S/C24H17FN2O4/c1-15(28)27-17-10-11-21(22(25)12-17)23(29)14-31-24(30)20-9-5-4-8-19(20)18-7-3-2-6-16(18)13-26/h2-12H,14H2,1H3,(H,27,28). The number of ether oxygens (including phenoxy) is 1. The van der Waals surface area contributed by atoms with Crippen molar-refractivity contribution in [2.24, 2.45) is 0 Å². The molecule has 0 fully saturated rings. The van der Waals surface area contributed by atoms with Crippen LogP contribution < -0.4 is 5.32 Å². The van der Waals surface area contributed by atoms with Gasteiger partial charge < -0.3 is 10.1 Å². The van der Waals surface area contributed by atoms with E-state index >= 15 is 0 Å². The molecular weight excluding hydrogens is 399 g/mol. The van der Waals surface area contributed by atoms with E-state index in [-0.39, 0.29) is 22.7 Å². The lowest BCUT2D eigenvalue weighted by Gasteiger charge is -2.11. The Labute approximate surface area is 177 Å². The van der Waals surface area contributed by atoms with E-state index in [2.05, 4.69) is 11.4 Å². The molecule has 1 amide bonds. The molecule has 3 rings (SSSR count). The number of nitrogens with zero attached hydrogens (tertiary/aromatic N) is 1. The number of hydrogen-bond acceptors (Lipinski definition) is 5. The average Bonchev–Trinajstić information content (AvgIpc) is 2.77. The summed E-state index contributed by atoms with van der Waals surface area (Å²) in [5.41, 5.74) is 1.57. The van der Waals surface area contributed by atoms with Gasteiger partial charge in [-0.05, 0) is 35.9 Å². The molecule has 3 aromatic carbocycles. The van der Waals surface area contributed by atoms with Crippen LogP contribution in [0.5, 0.6) is 0 Å².